The SMILES string of the molecule is Cn1cc(CC(=O)NCCNc2cc(N3CCOCC3)ncn2)c2ccccc21. The summed E-state index contributed by atoms with van der Waals surface area (Å²) in [5.74, 6) is 1.66. The number of hydrogen-bond donors (Lipinski definition) is 2. The van der Waals surface area contributed by atoms with E-state index in [1.54, 1.807) is 6.33 Å². The van der Waals surface area contributed by atoms with Crippen LogP contribution in [0.2, 0.25) is 0 Å². The van der Waals surface area contributed by atoms with E-state index in [4.69, 9.17) is 4.74 Å². The first-order valence-electron chi connectivity index (χ1n) is 9.89. The van der Waals surface area contributed by atoms with Crippen molar-refractivity contribution in [1.29, 1.82) is 0 Å². The summed E-state index contributed by atoms with van der Waals surface area (Å²) in [4.78, 5) is 23.1. The molecule has 1 aliphatic rings. The second-order valence-electron chi connectivity index (χ2n) is 7.10. The summed E-state index contributed by atoms with van der Waals surface area (Å²) in [6.45, 7) is 4.23. The Hall–Kier alpha value is -3.13. The van der Waals surface area contributed by atoms with Gasteiger partial charge in [-0.1, -0.05) is 18.2 Å². The first-order valence-corrected chi connectivity index (χ1v) is 9.89. The van der Waals surface area contributed by atoms with Crippen molar-refractivity contribution >= 4 is 28.4 Å². The van der Waals surface area contributed by atoms with E-state index in [2.05, 4.69) is 42.2 Å². The summed E-state index contributed by atoms with van der Waals surface area (Å²) in [5, 5.41) is 7.35. The fourth-order valence-corrected chi connectivity index (χ4v) is 3.60. The molecule has 3 aromatic rings. The monoisotopic (exact) mass is 394 g/mol. The third-order valence-corrected chi connectivity index (χ3v) is 5.07. The number of benzene rings is 1. The van der Waals surface area contributed by atoms with Crippen LogP contribution in [0.1, 0.15) is 5.56 Å². The number of aromatic nitrogens is 3. The van der Waals surface area contributed by atoms with E-state index in [9.17, 15) is 4.79 Å². The molecule has 0 spiro atoms. The molecule has 1 saturated heterocycles. The van der Waals surface area contributed by atoms with E-state index < -0.39 is 0 Å². The number of nitrogens with one attached hydrogen (secondary N) is 2. The highest BCUT2D eigenvalue weighted by Gasteiger charge is 2.13. The molecular weight excluding hydrogens is 368 g/mol. The van der Waals surface area contributed by atoms with E-state index in [-0.39, 0.29) is 5.91 Å². The lowest BCUT2D eigenvalue weighted by Gasteiger charge is -2.27. The van der Waals surface area contributed by atoms with Crippen LogP contribution in [0.3, 0.4) is 0 Å². The molecule has 0 saturated carbocycles. The Labute approximate surface area is 169 Å². The van der Waals surface area contributed by atoms with E-state index in [1.165, 1.54) is 0 Å². The zero-order valence-electron chi connectivity index (χ0n) is 16.6. The predicted octanol–water partition coefficient (Wildman–Crippen LogP) is 1.58. The van der Waals surface area contributed by atoms with Crippen molar-refractivity contribution in [2.24, 2.45) is 7.05 Å². The standard InChI is InChI=1S/C21H26N6O2/c1-26-14-16(17-4-2-3-5-18(17)26)12-21(28)23-7-6-22-19-13-20(25-15-24-19)27-8-10-29-11-9-27/h2-5,13-15H,6-12H2,1H3,(H,23,28)(H,22,24,25). The van der Waals surface area contributed by atoms with Crippen molar-refractivity contribution in [1.82, 2.24) is 19.9 Å². The van der Waals surface area contributed by atoms with Gasteiger partial charge < -0.3 is 24.8 Å². The van der Waals surface area contributed by atoms with Gasteiger partial charge in [0.25, 0.3) is 0 Å². The molecule has 0 unspecified atom stereocenters. The maximum atomic E-state index is 12.3. The molecule has 29 heavy (non-hydrogen) atoms. The minimum atomic E-state index is 0.0137. The smallest absolute Gasteiger partial charge is 0.224 e. The number of carbonyl (C=O) groups excluding carboxylic acids is 1. The first kappa shape index (κ1) is 19.2. The van der Waals surface area contributed by atoms with Crippen LogP contribution in [0.25, 0.3) is 10.9 Å². The number of ether oxygens (including phenoxy) is 1. The normalized spacial score (nSPS) is 14.2. The van der Waals surface area contributed by atoms with Gasteiger partial charge in [-0.2, -0.15) is 0 Å². The molecule has 8 heteroatoms. The summed E-state index contributed by atoms with van der Waals surface area (Å²) in [5.41, 5.74) is 2.18. The Bertz CT molecular complexity index is 980. The number of nitrogens with zero attached hydrogens (tertiary/aromatic N) is 4. The molecular formula is C21H26N6O2. The van der Waals surface area contributed by atoms with Crippen LogP contribution in [-0.4, -0.2) is 59.8 Å². The van der Waals surface area contributed by atoms with Gasteiger partial charge in [0.05, 0.1) is 19.6 Å². The molecule has 1 amide bonds. The topological polar surface area (TPSA) is 84.3 Å². The van der Waals surface area contributed by atoms with E-state index in [0.717, 1.165) is 54.4 Å². The zero-order valence-corrected chi connectivity index (χ0v) is 16.6. The number of para-hydroxylation sites is 1. The molecule has 0 atom stereocenters. The lowest BCUT2D eigenvalue weighted by molar-refractivity contribution is -0.120. The van der Waals surface area contributed by atoms with Crippen LogP contribution >= 0.6 is 0 Å². The third kappa shape index (κ3) is 4.65. The number of hydrogen-bond acceptors (Lipinski definition) is 6. The lowest BCUT2D eigenvalue weighted by Crippen LogP contribution is -2.36. The van der Waals surface area contributed by atoms with Crippen molar-refractivity contribution < 1.29 is 9.53 Å². The molecule has 0 aliphatic carbocycles. The van der Waals surface area contributed by atoms with Crippen molar-refractivity contribution in [3.63, 3.8) is 0 Å². The number of morpholine rings is 1. The average molecular weight is 394 g/mol. The summed E-state index contributed by atoms with van der Waals surface area (Å²) >= 11 is 0. The van der Waals surface area contributed by atoms with Crippen molar-refractivity contribution in [3.8, 4) is 0 Å². The molecule has 8 nitrogen and oxygen atoms in total. The van der Waals surface area contributed by atoms with Crippen LogP contribution in [0.4, 0.5) is 11.6 Å². The van der Waals surface area contributed by atoms with Gasteiger partial charge >= 0.3 is 0 Å². The Morgan fingerprint density at radius 2 is 2.00 bits per heavy atom. The highest BCUT2D eigenvalue weighted by atomic mass is 16.5. The second kappa shape index (κ2) is 8.91. The maximum absolute atomic E-state index is 12.3. The number of carbonyl (C=O) groups is 1. The van der Waals surface area contributed by atoms with Gasteiger partial charge in [-0.25, -0.2) is 9.97 Å². The Kier molecular flexibility index (Phi) is 5.90. The van der Waals surface area contributed by atoms with Crippen molar-refractivity contribution in [2.75, 3.05) is 49.6 Å². The van der Waals surface area contributed by atoms with Crippen LogP contribution in [0, 0.1) is 0 Å². The van der Waals surface area contributed by atoms with Gasteiger partial charge in [0.15, 0.2) is 0 Å². The number of rotatable bonds is 7. The Balaban J connectivity index is 1.25. The number of amides is 1. The predicted molar refractivity (Wildman–Crippen MR) is 113 cm³/mol. The molecule has 1 aromatic carbocycles. The van der Waals surface area contributed by atoms with Gasteiger partial charge in [0.2, 0.25) is 5.91 Å². The molecule has 1 fully saturated rings. The van der Waals surface area contributed by atoms with E-state index >= 15 is 0 Å². The van der Waals surface area contributed by atoms with Crippen molar-refractivity contribution in [2.45, 2.75) is 6.42 Å². The van der Waals surface area contributed by atoms with Gasteiger partial charge in [-0.05, 0) is 11.6 Å². The molecule has 152 valence electrons. The molecule has 2 aromatic heterocycles. The molecule has 3 heterocycles. The fraction of sp³-hybridized carbons (Fsp3) is 0.381. The van der Waals surface area contributed by atoms with Crippen molar-refractivity contribution in [3.05, 3.63) is 48.4 Å². The molecule has 4 rings (SSSR count). The quantitative estimate of drug-likeness (QED) is 0.592. The summed E-state index contributed by atoms with van der Waals surface area (Å²) in [6, 6.07) is 10.1. The molecule has 1 aliphatic heterocycles. The van der Waals surface area contributed by atoms with E-state index in [0.29, 0.717) is 19.5 Å². The zero-order chi connectivity index (χ0) is 20.1. The van der Waals surface area contributed by atoms with Crippen LogP contribution in [0.15, 0.2) is 42.9 Å². The average Bonchev–Trinajstić information content (AvgIpc) is 3.08. The fourth-order valence-electron chi connectivity index (χ4n) is 3.60. The van der Waals surface area contributed by atoms with Crippen LogP contribution in [0.5, 0.6) is 0 Å². The minimum absolute atomic E-state index is 0.0137. The largest absolute Gasteiger partial charge is 0.378 e. The number of aryl methyl sites for hydroxylation is 1. The minimum Gasteiger partial charge on any atom is -0.378 e. The molecule has 0 bridgehead atoms. The van der Waals surface area contributed by atoms with Crippen LogP contribution in [-0.2, 0) is 23.0 Å². The van der Waals surface area contributed by atoms with Gasteiger partial charge in [0.1, 0.15) is 18.0 Å². The number of fused-ring (bicyclic) bond motifs is 1. The molecule has 0 radical (unpaired) electrons. The Morgan fingerprint density at radius 3 is 2.86 bits per heavy atom. The maximum Gasteiger partial charge on any atom is 0.224 e. The van der Waals surface area contributed by atoms with Gasteiger partial charge in [0, 0.05) is 56.4 Å². The second-order valence-corrected chi connectivity index (χ2v) is 7.10. The number of anilines is 2. The highest BCUT2D eigenvalue weighted by molar-refractivity contribution is 5.89. The summed E-state index contributed by atoms with van der Waals surface area (Å²) in [6.07, 6.45) is 3.96. The summed E-state index contributed by atoms with van der Waals surface area (Å²) in [7, 11) is 2.00. The summed E-state index contributed by atoms with van der Waals surface area (Å²) < 4.78 is 7.43. The third-order valence-electron chi connectivity index (χ3n) is 5.07. The van der Waals surface area contributed by atoms with Gasteiger partial charge in [-0.3, -0.25) is 4.79 Å². The van der Waals surface area contributed by atoms with Crippen LogP contribution < -0.4 is 15.5 Å². The first-order chi connectivity index (χ1) is 14.2. The highest BCUT2D eigenvalue weighted by Crippen LogP contribution is 2.20. The Morgan fingerprint density at radius 1 is 1.17 bits per heavy atom. The molecule has 2 N–H and O–H groups in total. The lowest BCUT2D eigenvalue weighted by atomic mass is 10.1. The van der Waals surface area contributed by atoms with Gasteiger partial charge in [-0.15, -0.1) is 0 Å². The van der Waals surface area contributed by atoms with E-state index in [1.807, 2.05) is 31.4 Å².